The van der Waals surface area contributed by atoms with Gasteiger partial charge >= 0.3 is 5.91 Å². The Morgan fingerprint density at radius 1 is 1.11 bits per heavy atom. The van der Waals surface area contributed by atoms with E-state index < -0.39 is 17.7 Å². The maximum atomic E-state index is 13.4. The zero-order valence-corrected chi connectivity index (χ0v) is 20.3. The van der Waals surface area contributed by atoms with Gasteiger partial charge in [-0.2, -0.15) is 0 Å². The van der Waals surface area contributed by atoms with Gasteiger partial charge in [0.15, 0.2) is 16.7 Å². The smallest absolute Gasteiger partial charge is 0.301 e. The Kier molecular flexibility index (Phi) is 5.32. The normalized spacial score (nSPS) is 17.5. The summed E-state index contributed by atoms with van der Waals surface area (Å²) in [6, 6.07) is 6.18. The van der Waals surface area contributed by atoms with E-state index in [0.29, 0.717) is 27.5 Å². The first-order chi connectivity index (χ1) is 16.7. The third-order valence-electron chi connectivity index (χ3n) is 6.06. The van der Waals surface area contributed by atoms with E-state index in [1.165, 1.54) is 18.0 Å². The van der Waals surface area contributed by atoms with Gasteiger partial charge in [-0.05, 0) is 44.0 Å². The number of pyridine rings is 2. The van der Waals surface area contributed by atoms with E-state index in [-0.39, 0.29) is 27.9 Å². The van der Waals surface area contributed by atoms with E-state index in [0.717, 1.165) is 16.9 Å². The Morgan fingerprint density at radius 2 is 1.89 bits per heavy atom. The molecule has 1 atom stereocenters. The number of imidazole rings is 1. The number of aryl methyl sites for hydroxylation is 3. The van der Waals surface area contributed by atoms with E-state index >= 15 is 0 Å². The van der Waals surface area contributed by atoms with Gasteiger partial charge in [0.1, 0.15) is 11.3 Å². The van der Waals surface area contributed by atoms with E-state index in [1.54, 1.807) is 32.2 Å². The number of nitrogens with zero attached hydrogens (tertiary/aromatic N) is 5. The van der Waals surface area contributed by atoms with Crippen LogP contribution in [0.1, 0.15) is 50.8 Å². The van der Waals surface area contributed by atoms with Gasteiger partial charge in [-0.3, -0.25) is 24.3 Å². The number of anilines is 1. The Balaban J connectivity index is 1.76. The molecule has 0 aromatic carbocycles. The van der Waals surface area contributed by atoms with E-state index in [1.807, 2.05) is 29.7 Å². The number of aliphatic hydroxyl groups excluding tert-OH is 1. The van der Waals surface area contributed by atoms with Crippen molar-refractivity contribution in [1.29, 1.82) is 0 Å². The second-order valence-corrected chi connectivity index (χ2v) is 9.33. The van der Waals surface area contributed by atoms with Crippen molar-refractivity contribution in [2.24, 2.45) is 0 Å². The SMILES string of the molecule is CC(=O)c1sc(N2C(=O)C(=O)C(=C(O)c3nc4c(C)cccn4c3C)C2c2cccnc2)nc1C. The predicted octanol–water partition coefficient (Wildman–Crippen LogP) is 3.94. The maximum Gasteiger partial charge on any atom is 0.301 e. The molecule has 0 radical (unpaired) electrons. The highest BCUT2D eigenvalue weighted by Gasteiger charge is 2.49. The highest BCUT2D eigenvalue weighted by Crippen LogP contribution is 2.44. The van der Waals surface area contributed by atoms with Gasteiger partial charge < -0.3 is 9.51 Å². The number of aliphatic hydroxyl groups is 1. The molecule has 5 rings (SSSR count). The molecule has 4 aromatic heterocycles. The van der Waals surface area contributed by atoms with E-state index in [2.05, 4.69) is 15.0 Å². The number of hydrogen-bond acceptors (Lipinski definition) is 8. The van der Waals surface area contributed by atoms with Crippen LogP contribution in [0.5, 0.6) is 0 Å². The van der Waals surface area contributed by atoms with Crippen LogP contribution in [0, 0.1) is 20.8 Å². The molecule has 176 valence electrons. The first-order valence-corrected chi connectivity index (χ1v) is 11.7. The molecule has 0 aliphatic carbocycles. The van der Waals surface area contributed by atoms with Crippen LogP contribution in [0.25, 0.3) is 11.4 Å². The molecule has 1 fully saturated rings. The first kappa shape index (κ1) is 22.6. The summed E-state index contributed by atoms with van der Waals surface area (Å²) in [5, 5.41) is 11.6. The molecule has 0 spiro atoms. The van der Waals surface area contributed by atoms with Gasteiger partial charge in [0.05, 0.1) is 27.9 Å². The van der Waals surface area contributed by atoms with Crippen molar-refractivity contribution in [2.45, 2.75) is 33.7 Å². The van der Waals surface area contributed by atoms with Gasteiger partial charge in [-0.15, -0.1) is 0 Å². The first-order valence-electron chi connectivity index (χ1n) is 10.8. The number of ketones is 2. The lowest BCUT2D eigenvalue weighted by atomic mass is 9.97. The zero-order valence-electron chi connectivity index (χ0n) is 19.4. The summed E-state index contributed by atoms with van der Waals surface area (Å²) < 4.78 is 1.82. The fourth-order valence-electron chi connectivity index (χ4n) is 4.37. The van der Waals surface area contributed by atoms with Crippen molar-refractivity contribution in [1.82, 2.24) is 19.4 Å². The quantitative estimate of drug-likeness (QED) is 0.200. The number of hydrogen-bond donors (Lipinski definition) is 1. The molecule has 1 saturated heterocycles. The molecule has 0 bridgehead atoms. The molecule has 1 aliphatic heterocycles. The van der Waals surface area contributed by atoms with Gasteiger partial charge in [0, 0.05) is 25.5 Å². The zero-order chi connectivity index (χ0) is 25.0. The van der Waals surface area contributed by atoms with Crippen LogP contribution in [-0.4, -0.2) is 41.9 Å². The number of amides is 1. The number of fused-ring (bicyclic) bond motifs is 1. The van der Waals surface area contributed by atoms with Gasteiger partial charge in [-0.25, -0.2) is 9.97 Å². The highest BCUT2D eigenvalue weighted by molar-refractivity contribution is 7.18. The average molecular weight is 488 g/mol. The standard InChI is InChI=1S/C25H21N5O4S/c1-12-7-6-10-29-14(3)18(28-23(12)29)20(32)17-19(16-8-5-9-26-11-16)30(24(34)21(17)33)25-27-13(2)22(35-25)15(4)31/h5-11,19,32H,1-4H3. The topological polar surface area (TPSA) is 118 Å². The predicted molar refractivity (Wildman–Crippen MR) is 131 cm³/mol. The summed E-state index contributed by atoms with van der Waals surface area (Å²) in [5.41, 5.74) is 3.25. The van der Waals surface area contributed by atoms with Crippen LogP contribution < -0.4 is 4.90 Å². The lowest BCUT2D eigenvalue weighted by Gasteiger charge is -2.22. The van der Waals surface area contributed by atoms with Crippen LogP contribution in [0.15, 0.2) is 48.4 Å². The lowest BCUT2D eigenvalue weighted by Crippen LogP contribution is -2.29. The van der Waals surface area contributed by atoms with E-state index in [9.17, 15) is 19.5 Å². The van der Waals surface area contributed by atoms with Gasteiger partial charge in [0.25, 0.3) is 5.78 Å². The van der Waals surface area contributed by atoms with Gasteiger partial charge in [0.2, 0.25) is 0 Å². The minimum absolute atomic E-state index is 0.107. The maximum absolute atomic E-state index is 13.4. The van der Waals surface area contributed by atoms with Crippen LogP contribution in [-0.2, 0) is 9.59 Å². The summed E-state index contributed by atoms with van der Waals surface area (Å²) >= 11 is 1.04. The fourth-order valence-corrected chi connectivity index (χ4v) is 5.36. The number of carbonyl (C=O) groups excluding carboxylic acids is 3. The average Bonchev–Trinajstić information content (AvgIpc) is 3.47. The van der Waals surface area contributed by atoms with Crippen LogP contribution in [0.2, 0.25) is 0 Å². The molecule has 9 nitrogen and oxygen atoms in total. The van der Waals surface area contributed by atoms with Crippen LogP contribution in [0.4, 0.5) is 5.13 Å². The molecule has 0 saturated carbocycles. The minimum Gasteiger partial charge on any atom is -0.505 e. The number of carbonyl (C=O) groups is 3. The second-order valence-electron chi connectivity index (χ2n) is 8.35. The van der Waals surface area contributed by atoms with Crippen molar-refractivity contribution < 1.29 is 19.5 Å². The minimum atomic E-state index is -0.987. The Bertz CT molecular complexity index is 1570. The highest BCUT2D eigenvalue weighted by atomic mass is 32.1. The molecule has 10 heteroatoms. The third kappa shape index (κ3) is 3.45. The monoisotopic (exact) mass is 487 g/mol. The molecule has 35 heavy (non-hydrogen) atoms. The number of aromatic nitrogens is 4. The fraction of sp³-hybridized carbons (Fsp3) is 0.200. The van der Waals surface area contributed by atoms with Crippen molar-refractivity contribution in [3.8, 4) is 0 Å². The van der Waals surface area contributed by atoms with Crippen molar-refractivity contribution in [3.63, 3.8) is 0 Å². The largest absolute Gasteiger partial charge is 0.505 e. The molecule has 1 N–H and O–H groups in total. The summed E-state index contributed by atoms with van der Waals surface area (Å²) in [7, 11) is 0. The van der Waals surface area contributed by atoms with Crippen LogP contribution in [0.3, 0.4) is 0 Å². The summed E-state index contributed by atoms with van der Waals surface area (Å²) in [4.78, 5) is 53.5. The molecular weight excluding hydrogens is 466 g/mol. The summed E-state index contributed by atoms with van der Waals surface area (Å²) in [6.07, 6.45) is 4.93. The molecular formula is C25H21N5O4S. The summed E-state index contributed by atoms with van der Waals surface area (Å²) in [6.45, 7) is 6.78. The molecule has 5 heterocycles. The third-order valence-corrected chi connectivity index (χ3v) is 7.32. The van der Waals surface area contributed by atoms with E-state index in [4.69, 9.17) is 0 Å². The summed E-state index contributed by atoms with van der Waals surface area (Å²) in [5.74, 6) is -2.26. The van der Waals surface area contributed by atoms with Crippen LogP contribution >= 0.6 is 11.3 Å². The number of Topliss-reactive ketones (excluding diaryl/α,β-unsaturated/α-hetero) is 2. The molecule has 1 unspecified atom stereocenters. The van der Waals surface area contributed by atoms with Crippen molar-refractivity contribution >= 4 is 45.3 Å². The lowest BCUT2D eigenvalue weighted by molar-refractivity contribution is -0.132. The Morgan fingerprint density at radius 3 is 2.51 bits per heavy atom. The van der Waals surface area contributed by atoms with Crippen molar-refractivity contribution in [2.75, 3.05) is 4.90 Å². The van der Waals surface area contributed by atoms with Crippen molar-refractivity contribution in [3.05, 3.63) is 81.5 Å². The second kappa shape index (κ2) is 8.24. The Hall–Kier alpha value is -4.18. The molecule has 4 aromatic rings. The molecule has 1 aliphatic rings. The number of rotatable bonds is 4. The number of thiazole rings is 1. The molecule has 1 amide bonds. The van der Waals surface area contributed by atoms with Gasteiger partial charge in [-0.1, -0.05) is 23.5 Å². The Labute approximate surface area is 204 Å².